The average molecular weight is 334 g/mol. The normalized spacial score (nSPS) is 15.3. The number of fused-ring (bicyclic) bond motifs is 1. The number of ether oxygens (including phenoxy) is 2. The molecule has 1 aliphatic rings. The van der Waals surface area contributed by atoms with E-state index in [9.17, 15) is 14.4 Å². The van der Waals surface area contributed by atoms with Gasteiger partial charge in [0.15, 0.2) is 0 Å². The van der Waals surface area contributed by atoms with E-state index in [0.29, 0.717) is 0 Å². The Hall–Kier alpha value is -2.57. The van der Waals surface area contributed by atoms with Crippen LogP contribution in [0.5, 0.6) is 0 Å². The Labute approximate surface area is 140 Å². The molecule has 0 aliphatic carbocycles. The summed E-state index contributed by atoms with van der Waals surface area (Å²) in [4.78, 5) is 36.8. The van der Waals surface area contributed by atoms with Crippen molar-refractivity contribution in [1.82, 2.24) is 0 Å². The van der Waals surface area contributed by atoms with Crippen LogP contribution < -0.4 is 10.2 Å². The molecular weight excluding hydrogens is 312 g/mol. The molecule has 1 heterocycles. The second kappa shape index (κ2) is 7.33. The Morgan fingerprint density at radius 3 is 2.54 bits per heavy atom. The minimum atomic E-state index is -0.733. The third kappa shape index (κ3) is 4.04. The van der Waals surface area contributed by atoms with Gasteiger partial charge in [-0.05, 0) is 26.0 Å². The number of methoxy groups -OCH3 is 1. The Morgan fingerprint density at radius 2 is 1.83 bits per heavy atom. The molecule has 1 aromatic rings. The Bertz CT molecular complexity index is 642. The molecule has 1 aliphatic heterocycles. The van der Waals surface area contributed by atoms with Crippen LogP contribution in [0.1, 0.15) is 26.7 Å². The van der Waals surface area contributed by atoms with Gasteiger partial charge in [-0.15, -0.1) is 0 Å². The van der Waals surface area contributed by atoms with Crippen molar-refractivity contribution >= 4 is 29.2 Å². The maximum Gasteiger partial charge on any atom is 0.306 e. The van der Waals surface area contributed by atoms with Crippen LogP contribution in [0, 0.1) is 0 Å². The van der Waals surface area contributed by atoms with Gasteiger partial charge in [-0.3, -0.25) is 14.4 Å². The molecule has 0 saturated heterocycles. The van der Waals surface area contributed by atoms with Gasteiger partial charge in [0.25, 0.3) is 5.91 Å². The first-order chi connectivity index (χ1) is 11.3. The van der Waals surface area contributed by atoms with Crippen molar-refractivity contribution < 1.29 is 23.9 Å². The number of para-hydroxylation sites is 2. The van der Waals surface area contributed by atoms with Crippen molar-refractivity contribution in [3.05, 3.63) is 24.3 Å². The van der Waals surface area contributed by atoms with Crippen molar-refractivity contribution in [3.8, 4) is 0 Å². The first-order valence-corrected chi connectivity index (χ1v) is 7.77. The monoisotopic (exact) mass is 334 g/mol. The smallest absolute Gasteiger partial charge is 0.306 e. The SMILES string of the molecule is COC(=O)CCC(=O)OCCN1C(=O)C(C)(C)Nc2ccccc21. The molecule has 0 unspecified atom stereocenters. The second-order valence-corrected chi connectivity index (χ2v) is 6.02. The predicted octanol–water partition coefficient (Wildman–Crippen LogP) is 1.72. The summed E-state index contributed by atoms with van der Waals surface area (Å²) in [6, 6.07) is 7.48. The summed E-state index contributed by atoms with van der Waals surface area (Å²) in [5.41, 5.74) is 0.884. The number of hydrogen-bond donors (Lipinski definition) is 1. The number of carbonyl (C=O) groups is 3. The van der Waals surface area contributed by atoms with Gasteiger partial charge in [-0.25, -0.2) is 0 Å². The lowest BCUT2D eigenvalue weighted by molar-refractivity contribution is -0.148. The number of carbonyl (C=O) groups excluding carboxylic acids is 3. The van der Waals surface area contributed by atoms with E-state index in [1.165, 1.54) is 7.11 Å². The molecule has 24 heavy (non-hydrogen) atoms. The zero-order chi connectivity index (χ0) is 17.7. The molecule has 0 atom stereocenters. The van der Waals surface area contributed by atoms with E-state index in [2.05, 4.69) is 10.1 Å². The third-order valence-corrected chi connectivity index (χ3v) is 3.76. The van der Waals surface area contributed by atoms with E-state index in [1.54, 1.807) is 18.7 Å². The van der Waals surface area contributed by atoms with Gasteiger partial charge in [-0.2, -0.15) is 0 Å². The molecule has 2 rings (SSSR count). The van der Waals surface area contributed by atoms with E-state index in [4.69, 9.17) is 4.74 Å². The fourth-order valence-electron chi connectivity index (χ4n) is 2.50. The summed E-state index contributed by atoms with van der Waals surface area (Å²) in [6.07, 6.45) is -0.0536. The highest BCUT2D eigenvalue weighted by Crippen LogP contribution is 2.34. The molecule has 130 valence electrons. The van der Waals surface area contributed by atoms with Gasteiger partial charge in [0.2, 0.25) is 0 Å². The van der Waals surface area contributed by atoms with E-state index in [1.807, 2.05) is 24.3 Å². The van der Waals surface area contributed by atoms with Crippen molar-refractivity contribution in [2.24, 2.45) is 0 Å². The highest BCUT2D eigenvalue weighted by atomic mass is 16.5. The lowest BCUT2D eigenvalue weighted by Crippen LogP contribution is -2.54. The topological polar surface area (TPSA) is 84.9 Å². The standard InChI is InChI=1S/C17H22N2O5/c1-17(2)16(22)19(13-7-5-4-6-12(13)18-17)10-11-24-15(21)9-8-14(20)23-3/h4-7,18H,8-11H2,1-3H3. The molecule has 0 fully saturated rings. The van der Waals surface area contributed by atoms with Gasteiger partial charge in [0, 0.05) is 0 Å². The van der Waals surface area contributed by atoms with Gasteiger partial charge in [0.1, 0.15) is 12.1 Å². The van der Waals surface area contributed by atoms with Gasteiger partial charge < -0.3 is 19.7 Å². The third-order valence-electron chi connectivity index (χ3n) is 3.76. The summed E-state index contributed by atoms with van der Waals surface area (Å²) < 4.78 is 9.58. The molecule has 7 heteroatoms. The van der Waals surface area contributed by atoms with Crippen LogP contribution in [0.15, 0.2) is 24.3 Å². The molecule has 0 bridgehead atoms. The average Bonchev–Trinajstić information content (AvgIpc) is 2.55. The number of nitrogens with zero attached hydrogens (tertiary/aromatic N) is 1. The molecule has 1 amide bonds. The maximum atomic E-state index is 12.6. The van der Waals surface area contributed by atoms with Crippen LogP contribution in [-0.4, -0.2) is 43.6 Å². The van der Waals surface area contributed by atoms with Gasteiger partial charge in [-0.1, -0.05) is 12.1 Å². The molecule has 0 spiro atoms. The van der Waals surface area contributed by atoms with E-state index < -0.39 is 17.5 Å². The van der Waals surface area contributed by atoms with E-state index in [-0.39, 0.29) is 31.9 Å². The van der Waals surface area contributed by atoms with Gasteiger partial charge >= 0.3 is 11.9 Å². The zero-order valence-corrected chi connectivity index (χ0v) is 14.1. The number of rotatable bonds is 6. The molecule has 7 nitrogen and oxygen atoms in total. The number of anilines is 2. The fourth-order valence-corrected chi connectivity index (χ4v) is 2.50. The Balaban J connectivity index is 1.95. The van der Waals surface area contributed by atoms with Crippen LogP contribution in [0.4, 0.5) is 11.4 Å². The molecule has 0 aromatic heterocycles. The van der Waals surface area contributed by atoms with Crippen LogP contribution in [-0.2, 0) is 23.9 Å². The highest BCUT2D eigenvalue weighted by Gasteiger charge is 2.38. The van der Waals surface area contributed by atoms with Crippen molar-refractivity contribution in [2.45, 2.75) is 32.2 Å². The minimum absolute atomic E-state index is 0.0161. The number of benzene rings is 1. The van der Waals surface area contributed by atoms with Crippen molar-refractivity contribution in [3.63, 3.8) is 0 Å². The molecular formula is C17H22N2O5. The molecule has 1 aromatic carbocycles. The van der Waals surface area contributed by atoms with Crippen molar-refractivity contribution in [1.29, 1.82) is 0 Å². The fraction of sp³-hybridized carbons (Fsp3) is 0.471. The lowest BCUT2D eigenvalue weighted by atomic mass is 9.98. The molecule has 1 N–H and O–H groups in total. The summed E-state index contributed by atoms with van der Waals surface area (Å²) in [5, 5.41) is 3.20. The lowest BCUT2D eigenvalue weighted by Gasteiger charge is -2.39. The Morgan fingerprint density at radius 1 is 1.17 bits per heavy atom. The maximum absolute atomic E-state index is 12.6. The van der Waals surface area contributed by atoms with Crippen LogP contribution >= 0.6 is 0 Å². The zero-order valence-electron chi connectivity index (χ0n) is 14.1. The van der Waals surface area contributed by atoms with E-state index >= 15 is 0 Å². The quantitative estimate of drug-likeness (QED) is 0.798. The van der Waals surface area contributed by atoms with Crippen LogP contribution in [0.3, 0.4) is 0 Å². The number of nitrogens with one attached hydrogen (secondary N) is 1. The molecule has 0 radical (unpaired) electrons. The number of esters is 2. The largest absolute Gasteiger partial charge is 0.469 e. The summed E-state index contributed by atoms with van der Waals surface area (Å²) in [7, 11) is 1.27. The molecule has 0 saturated carbocycles. The van der Waals surface area contributed by atoms with Gasteiger partial charge in [0.05, 0.1) is 37.9 Å². The Kier molecular flexibility index (Phi) is 5.43. The predicted molar refractivity (Wildman–Crippen MR) is 88.7 cm³/mol. The number of hydrogen-bond acceptors (Lipinski definition) is 6. The van der Waals surface area contributed by atoms with Crippen LogP contribution in [0.2, 0.25) is 0 Å². The first-order valence-electron chi connectivity index (χ1n) is 7.77. The van der Waals surface area contributed by atoms with Crippen LogP contribution in [0.25, 0.3) is 0 Å². The second-order valence-electron chi connectivity index (χ2n) is 6.02. The minimum Gasteiger partial charge on any atom is -0.469 e. The van der Waals surface area contributed by atoms with E-state index in [0.717, 1.165) is 11.4 Å². The first kappa shape index (κ1) is 17.8. The van der Waals surface area contributed by atoms with Crippen molar-refractivity contribution in [2.75, 3.05) is 30.5 Å². The number of amides is 1. The highest BCUT2D eigenvalue weighted by molar-refractivity contribution is 6.07. The summed E-state index contributed by atoms with van der Waals surface area (Å²) in [6.45, 7) is 3.93. The summed E-state index contributed by atoms with van der Waals surface area (Å²) >= 11 is 0. The summed E-state index contributed by atoms with van der Waals surface area (Å²) in [5.74, 6) is -1.04.